The Morgan fingerprint density at radius 2 is 1.80 bits per heavy atom. The van der Waals surface area contributed by atoms with Gasteiger partial charge >= 0.3 is 5.97 Å². The zero-order valence-electron chi connectivity index (χ0n) is 13.0. The first-order valence-corrected chi connectivity index (χ1v) is 7.82. The Morgan fingerprint density at radius 3 is 2.60 bits per heavy atom. The zero-order chi connectivity index (χ0) is 17.8. The van der Waals surface area contributed by atoms with Crippen LogP contribution in [0.2, 0.25) is 5.02 Å². The van der Waals surface area contributed by atoms with Crippen LogP contribution in [-0.4, -0.2) is 18.5 Å². The van der Waals surface area contributed by atoms with E-state index < -0.39 is 24.3 Å². The van der Waals surface area contributed by atoms with Crippen molar-refractivity contribution in [3.63, 3.8) is 0 Å². The van der Waals surface area contributed by atoms with Crippen LogP contribution in [-0.2, 0) is 9.53 Å². The Bertz CT molecular complexity index is 953. The molecule has 3 rings (SSSR count). The number of fused-ring (bicyclic) bond motifs is 1. The van der Waals surface area contributed by atoms with Gasteiger partial charge in [0.05, 0.1) is 10.6 Å². The Kier molecular flexibility index (Phi) is 4.95. The fourth-order valence-corrected chi connectivity index (χ4v) is 2.56. The quantitative estimate of drug-likeness (QED) is 0.703. The molecule has 0 aliphatic carbocycles. The smallest absolute Gasteiger partial charge is 0.339 e. The fraction of sp³-hybridized carbons (Fsp3) is 0.0526. The van der Waals surface area contributed by atoms with Gasteiger partial charge in [0.1, 0.15) is 5.82 Å². The van der Waals surface area contributed by atoms with Crippen LogP contribution in [0.25, 0.3) is 10.8 Å². The minimum atomic E-state index is -0.593. The number of hydrogen-bond acceptors (Lipinski definition) is 3. The number of ether oxygens (including phenoxy) is 1. The van der Waals surface area contributed by atoms with Gasteiger partial charge in [-0.3, -0.25) is 4.79 Å². The lowest BCUT2D eigenvalue weighted by molar-refractivity contribution is -0.119. The number of anilines is 1. The highest BCUT2D eigenvalue weighted by Gasteiger charge is 2.13. The third-order valence-corrected chi connectivity index (χ3v) is 3.84. The summed E-state index contributed by atoms with van der Waals surface area (Å²) in [5.74, 6) is -1.72. The van der Waals surface area contributed by atoms with Crippen molar-refractivity contribution < 1.29 is 18.7 Å². The summed E-state index contributed by atoms with van der Waals surface area (Å²) in [7, 11) is 0. The molecule has 0 aliphatic rings. The second kappa shape index (κ2) is 7.32. The maximum Gasteiger partial charge on any atom is 0.339 e. The molecular formula is C19H13ClFNO3. The molecule has 1 amide bonds. The summed E-state index contributed by atoms with van der Waals surface area (Å²) in [6, 6.07) is 16.5. The molecule has 3 aromatic rings. The number of carbonyl (C=O) groups excluding carboxylic acids is 2. The molecule has 0 unspecified atom stereocenters. The van der Waals surface area contributed by atoms with Crippen molar-refractivity contribution >= 4 is 39.9 Å². The number of carbonyl (C=O) groups is 2. The molecule has 0 aliphatic heterocycles. The van der Waals surface area contributed by atoms with E-state index in [1.165, 1.54) is 12.1 Å². The summed E-state index contributed by atoms with van der Waals surface area (Å²) < 4.78 is 18.2. The number of halogens is 2. The van der Waals surface area contributed by atoms with Gasteiger partial charge in [-0.15, -0.1) is 0 Å². The van der Waals surface area contributed by atoms with E-state index in [1.807, 2.05) is 30.3 Å². The molecule has 126 valence electrons. The molecule has 0 aromatic heterocycles. The molecular weight excluding hydrogens is 345 g/mol. The first-order chi connectivity index (χ1) is 12.0. The lowest BCUT2D eigenvalue weighted by Gasteiger charge is -2.09. The van der Waals surface area contributed by atoms with Gasteiger partial charge in [-0.25, -0.2) is 9.18 Å². The van der Waals surface area contributed by atoms with E-state index in [4.69, 9.17) is 16.3 Å². The van der Waals surface area contributed by atoms with Gasteiger partial charge in [0.15, 0.2) is 6.61 Å². The van der Waals surface area contributed by atoms with Crippen LogP contribution >= 0.6 is 11.6 Å². The van der Waals surface area contributed by atoms with Crippen molar-refractivity contribution in [2.75, 3.05) is 11.9 Å². The normalized spacial score (nSPS) is 10.5. The minimum Gasteiger partial charge on any atom is -0.452 e. The van der Waals surface area contributed by atoms with Crippen molar-refractivity contribution in [3.8, 4) is 0 Å². The number of amides is 1. The number of rotatable bonds is 4. The largest absolute Gasteiger partial charge is 0.452 e. The van der Waals surface area contributed by atoms with E-state index in [-0.39, 0.29) is 5.02 Å². The van der Waals surface area contributed by atoms with Crippen LogP contribution in [0.4, 0.5) is 10.1 Å². The molecule has 0 bridgehead atoms. The van der Waals surface area contributed by atoms with Gasteiger partial charge in [0, 0.05) is 5.69 Å². The summed E-state index contributed by atoms with van der Waals surface area (Å²) >= 11 is 5.65. The summed E-state index contributed by atoms with van der Waals surface area (Å²) in [4.78, 5) is 24.1. The van der Waals surface area contributed by atoms with Crippen molar-refractivity contribution in [3.05, 3.63) is 77.1 Å². The van der Waals surface area contributed by atoms with Crippen molar-refractivity contribution in [1.29, 1.82) is 0 Å². The van der Waals surface area contributed by atoms with Crippen molar-refractivity contribution in [2.24, 2.45) is 0 Å². The first-order valence-electron chi connectivity index (χ1n) is 7.44. The molecule has 0 heterocycles. The molecule has 6 heteroatoms. The average molecular weight is 358 g/mol. The van der Waals surface area contributed by atoms with E-state index >= 15 is 0 Å². The number of benzene rings is 3. The zero-order valence-corrected chi connectivity index (χ0v) is 13.7. The van der Waals surface area contributed by atoms with Gasteiger partial charge < -0.3 is 10.1 Å². The fourth-order valence-electron chi connectivity index (χ4n) is 2.38. The lowest BCUT2D eigenvalue weighted by atomic mass is 10.1. The standard InChI is InChI=1S/C19H13ClFNO3/c20-16-10-13(8-9-17(16)21)22-18(23)11-25-19(24)15-7-3-5-12-4-1-2-6-14(12)15/h1-10H,11H2,(H,22,23). The second-order valence-electron chi connectivity index (χ2n) is 5.28. The SMILES string of the molecule is O=C(COC(=O)c1cccc2ccccc12)Nc1ccc(F)c(Cl)c1. The molecule has 0 radical (unpaired) electrons. The first kappa shape index (κ1) is 16.9. The third-order valence-electron chi connectivity index (χ3n) is 3.55. The van der Waals surface area contributed by atoms with Crippen LogP contribution in [0.5, 0.6) is 0 Å². The average Bonchev–Trinajstić information content (AvgIpc) is 2.62. The van der Waals surface area contributed by atoms with E-state index in [2.05, 4.69) is 5.32 Å². The molecule has 0 fully saturated rings. The molecule has 3 aromatic carbocycles. The van der Waals surface area contributed by atoms with Crippen LogP contribution in [0.15, 0.2) is 60.7 Å². The van der Waals surface area contributed by atoms with Gasteiger partial charge in [-0.1, -0.05) is 48.0 Å². The molecule has 0 saturated heterocycles. The van der Waals surface area contributed by atoms with Gasteiger partial charge in [-0.05, 0) is 35.0 Å². The topological polar surface area (TPSA) is 55.4 Å². The van der Waals surface area contributed by atoms with Crippen LogP contribution in [0, 0.1) is 5.82 Å². The van der Waals surface area contributed by atoms with Crippen LogP contribution in [0.1, 0.15) is 10.4 Å². The second-order valence-corrected chi connectivity index (χ2v) is 5.69. The monoisotopic (exact) mass is 357 g/mol. The maximum absolute atomic E-state index is 13.1. The van der Waals surface area contributed by atoms with Gasteiger partial charge in [0.2, 0.25) is 0 Å². The highest BCUT2D eigenvalue weighted by atomic mass is 35.5. The van der Waals surface area contributed by atoms with Crippen molar-refractivity contribution in [1.82, 2.24) is 0 Å². The van der Waals surface area contributed by atoms with E-state index in [1.54, 1.807) is 12.1 Å². The maximum atomic E-state index is 13.1. The Hall–Kier alpha value is -2.92. The van der Waals surface area contributed by atoms with E-state index in [9.17, 15) is 14.0 Å². The van der Waals surface area contributed by atoms with E-state index in [0.717, 1.165) is 16.8 Å². The predicted octanol–water partition coefficient (Wildman–Crippen LogP) is 4.43. The number of nitrogens with one attached hydrogen (secondary N) is 1. The summed E-state index contributed by atoms with van der Waals surface area (Å²) in [6.45, 7) is -0.461. The number of hydrogen-bond donors (Lipinski definition) is 1. The third kappa shape index (κ3) is 3.95. The molecule has 1 N–H and O–H groups in total. The Morgan fingerprint density at radius 1 is 1.04 bits per heavy atom. The predicted molar refractivity (Wildman–Crippen MR) is 94.3 cm³/mol. The minimum absolute atomic E-state index is 0.106. The van der Waals surface area contributed by atoms with Crippen LogP contribution in [0.3, 0.4) is 0 Å². The van der Waals surface area contributed by atoms with Crippen molar-refractivity contribution in [2.45, 2.75) is 0 Å². The van der Waals surface area contributed by atoms with Gasteiger partial charge in [-0.2, -0.15) is 0 Å². The molecule has 0 saturated carbocycles. The Balaban J connectivity index is 1.65. The highest BCUT2D eigenvalue weighted by Crippen LogP contribution is 2.20. The molecule has 0 atom stereocenters. The molecule has 0 spiro atoms. The van der Waals surface area contributed by atoms with E-state index in [0.29, 0.717) is 11.3 Å². The molecule has 4 nitrogen and oxygen atoms in total. The lowest BCUT2D eigenvalue weighted by Crippen LogP contribution is -2.21. The summed E-state index contributed by atoms with van der Waals surface area (Å²) in [6.07, 6.45) is 0. The van der Waals surface area contributed by atoms with Crippen LogP contribution < -0.4 is 5.32 Å². The molecule has 25 heavy (non-hydrogen) atoms. The number of esters is 1. The highest BCUT2D eigenvalue weighted by molar-refractivity contribution is 6.31. The van der Waals surface area contributed by atoms with Gasteiger partial charge in [0.25, 0.3) is 5.91 Å². The summed E-state index contributed by atoms with van der Waals surface area (Å²) in [5.41, 5.74) is 0.702. The summed E-state index contributed by atoms with van der Waals surface area (Å²) in [5, 5.41) is 4.04. The Labute approximate surface area is 148 Å².